The van der Waals surface area contributed by atoms with Gasteiger partial charge in [0, 0.05) is 16.4 Å². The third kappa shape index (κ3) is 1.70. The first-order valence-electron chi connectivity index (χ1n) is 3.02. The van der Waals surface area contributed by atoms with Crippen molar-refractivity contribution in [3.05, 3.63) is 29.0 Å². The van der Waals surface area contributed by atoms with E-state index in [1.54, 1.807) is 6.20 Å². The molecule has 0 N–H and O–H groups in total. The Bertz CT molecular complexity index is 240. The quantitative estimate of drug-likeness (QED) is 0.716. The summed E-state index contributed by atoms with van der Waals surface area (Å²) in [6.45, 7) is 6.49. The van der Waals surface area contributed by atoms with Crippen LogP contribution in [0.5, 0.6) is 0 Å². The van der Waals surface area contributed by atoms with Crippen molar-refractivity contribution in [2.24, 2.45) is 0 Å². The SMILES string of the molecule is C=C(Br)Cn1nccc1C. The van der Waals surface area contributed by atoms with Gasteiger partial charge < -0.3 is 0 Å². The largest absolute Gasteiger partial charge is 0.265 e. The first-order chi connectivity index (χ1) is 4.70. The van der Waals surface area contributed by atoms with E-state index in [-0.39, 0.29) is 0 Å². The van der Waals surface area contributed by atoms with E-state index in [4.69, 9.17) is 0 Å². The summed E-state index contributed by atoms with van der Waals surface area (Å²) in [5.74, 6) is 0. The minimum absolute atomic E-state index is 0.749. The Balaban J connectivity index is 2.74. The highest BCUT2D eigenvalue weighted by Gasteiger charge is 1.95. The second-order valence-corrected chi connectivity index (χ2v) is 3.27. The fraction of sp³-hybridized carbons (Fsp3) is 0.286. The van der Waals surface area contributed by atoms with E-state index in [1.807, 2.05) is 17.7 Å². The van der Waals surface area contributed by atoms with Crippen molar-refractivity contribution in [1.29, 1.82) is 0 Å². The number of hydrogen-bond acceptors (Lipinski definition) is 1. The third-order valence-corrected chi connectivity index (χ3v) is 1.50. The van der Waals surface area contributed by atoms with Gasteiger partial charge in [0.1, 0.15) is 0 Å². The van der Waals surface area contributed by atoms with Crippen molar-refractivity contribution in [3.63, 3.8) is 0 Å². The molecular weight excluding hydrogens is 192 g/mol. The maximum atomic E-state index is 4.08. The van der Waals surface area contributed by atoms with Crippen LogP contribution in [0.2, 0.25) is 0 Å². The number of aryl methyl sites for hydroxylation is 1. The molecule has 0 aliphatic rings. The molecule has 0 aliphatic carbocycles. The van der Waals surface area contributed by atoms with Gasteiger partial charge >= 0.3 is 0 Å². The zero-order valence-electron chi connectivity index (χ0n) is 5.84. The van der Waals surface area contributed by atoms with Crippen LogP contribution in [0.4, 0.5) is 0 Å². The lowest BCUT2D eigenvalue weighted by Crippen LogP contribution is -2.00. The summed E-state index contributed by atoms with van der Waals surface area (Å²) < 4.78 is 2.83. The average molecular weight is 201 g/mol. The Morgan fingerprint density at radius 2 is 2.60 bits per heavy atom. The molecule has 0 saturated carbocycles. The smallest absolute Gasteiger partial charge is 0.0721 e. The molecule has 0 atom stereocenters. The maximum Gasteiger partial charge on any atom is 0.0721 e. The van der Waals surface area contributed by atoms with E-state index in [1.165, 1.54) is 0 Å². The van der Waals surface area contributed by atoms with Gasteiger partial charge in [-0.25, -0.2) is 0 Å². The Morgan fingerprint density at radius 1 is 1.90 bits per heavy atom. The molecular formula is C7H9BrN2. The fourth-order valence-corrected chi connectivity index (χ4v) is 0.964. The summed E-state index contributed by atoms with van der Waals surface area (Å²) in [5, 5.41) is 4.08. The van der Waals surface area contributed by atoms with Crippen LogP contribution in [0.1, 0.15) is 5.69 Å². The van der Waals surface area contributed by atoms with Crippen LogP contribution in [0.25, 0.3) is 0 Å². The van der Waals surface area contributed by atoms with E-state index in [2.05, 4.69) is 27.6 Å². The summed E-state index contributed by atoms with van der Waals surface area (Å²) in [6, 6.07) is 1.97. The zero-order chi connectivity index (χ0) is 7.56. The Hall–Kier alpha value is -0.570. The van der Waals surface area contributed by atoms with Crippen molar-refractivity contribution < 1.29 is 0 Å². The van der Waals surface area contributed by atoms with Crippen molar-refractivity contribution in [2.75, 3.05) is 0 Å². The summed E-state index contributed by atoms with van der Waals surface area (Å²) in [4.78, 5) is 0. The molecule has 0 aromatic carbocycles. The van der Waals surface area contributed by atoms with Gasteiger partial charge in [0.25, 0.3) is 0 Å². The summed E-state index contributed by atoms with van der Waals surface area (Å²) >= 11 is 3.27. The molecule has 0 spiro atoms. The second kappa shape index (κ2) is 3.01. The lowest BCUT2D eigenvalue weighted by atomic mass is 10.5. The molecule has 0 radical (unpaired) electrons. The molecule has 0 bridgehead atoms. The standard InChI is InChI=1S/C7H9BrN2/c1-6(8)5-10-7(2)3-4-9-10/h3-4H,1,5H2,2H3. The normalized spacial score (nSPS) is 9.80. The zero-order valence-corrected chi connectivity index (χ0v) is 7.43. The van der Waals surface area contributed by atoms with Crippen LogP contribution in [0.15, 0.2) is 23.3 Å². The van der Waals surface area contributed by atoms with E-state index in [0.717, 1.165) is 16.7 Å². The van der Waals surface area contributed by atoms with Gasteiger partial charge in [-0.05, 0) is 13.0 Å². The Morgan fingerprint density at radius 3 is 3.00 bits per heavy atom. The highest BCUT2D eigenvalue weighted by atomic mass is 79.9. The van der Waals surface area contributed by atoms with Gasteiger partial charge in [-0.1, -0.05) is 22.5 Å². The van der Waals surface area contributed by atoms with Gasteiger partial charge in [-0.15, -0.1) is 0 Å². The monoisotopic (exact) mass is 200 g/mol. The predicted molar refractivity (Wildman–Crippen MR) is 45.0 cm³/mol. The van der Waals surface area contributed by atoms with Crippen molar-refractivity contribution in [3.8, 4) is 0 Å². The first kappa shape index (κ1) is 7.54. The molecule has 1 aromatic rings. The van der Waals surface area contributed by atoms with Gasteiger partial charge in [-0.3, -0.25) is 4.68 Å². The third-order valence-electron chi connectivity index (χ3n) is 1.25. The van der Waals surface area contributed by atoms with Crippen molar-refractivity contribution >= 4 is 15.9 Å². The molecule has 1 aromatic heterocycles. The number of halogens is 1. The van der Waals surface area contributed by atoms with Crippen LogP contribution in [0.3, 0.4) is 0 Å². The molecule has 2 nitrogen and oxygen atoms in total. The van der Waals surface area contributed by atoms with Crippen molar-refractivity contribution in [1.82, 2.24) is 9.78 Å². The Kier molecular flexibility index (Phi) is 2.27. The number of nitrogens with zero attached hydrogens (tertiary/aromatic N) is 2. The van der Waals surface area contributed by atoms with Gasteiger partial charge in [0.15, 0.2) is 0 Å². The van der Waals surface area contributed by atoms with Crippen LogP contribution < -0.4 is 0 Å². The molecule has 0 unspecified atom stereocenters. The van der Waals surface area contributed by atoms with Crippen molar-refractivity contribution in [2.45, 2.75) is 13.5 Å². The fourth-order valence-electron chi connectivity index (χ4n) is 0.727. The van der Waals surface area contributed by atoms with E-state index >= 15 is 0 Å². The highest BCUT2D eigenvalue weighted by molar-refractivity contribution is 9.11. The molecule has 1 heterocycles. The lowest BCUT2D eigenvalue weighted by Gasteiger charge is -2.00. The van der Waals surface area contributed by atoms with Crippen LogP contribution in [-0.2, 0) is 6.54 Å². The Labute approximate surface area is 68.7 Å². The molecule has 3 heteroatoms. The molecule has 1 rings (SSSR count). The lowest BCUT2D eigenvalue weighted by molar-refractivity contribution is 0.676. The maximum absolute atomic E-state index is 4.08. The summed E-state index contributed by atoms with van der Waals surface area (Å²) in [5.41, 5.74) is 1.15. The first-order valence-corrected chi connectivity index (χ1v) is 3.81. The van der Waals surface area contributed by atoms with Crippen LogP contribution in [-0.4, -0.2) is 9.78 Å². The van der Waals surface area contributed by atoms with E-state index in [9.17, 15) is 0 Å². The predicted octanol–water partition coefficient (Wildman–Crippen LogP) is 2.10. The number of aromatic nitrogens is 2. The number of hydrogen-bond donors (Lipinski definition) is 0. The van der Waals surface area contributed by atoms with Crippen LogP contribution in [0, 0.1) is 6.92 Å². The molecule has 0 aliphatic heterocycles. The molecule has 0 amide bonds. The minimum atomic E-state index is 0.749. The summed E-state index contributed by atoms with van der Waals surface area (Å²) in [6.07, 6.45) is 1.78. The number of rotatable bonds is 2. The molecule has 0 fully saturated rings. The topological polar surface area (TPSA) is 17.8 Å². The summed E-state index contributed by atoms with van der Waals surface area (Å²) in [7, 11) is 0. The minimum Gasteiger partial charge on any atom is -0.265 e. The molecule has 10 heavy (non-hydrogen) atoms. The van der Waals surface area contributed by atoms with Gasteiger partial charge in [0.05, 0.1) is 6.54 Å². The van der Waals surface area contributed by atoms with E-state index < -0.39 is 0 Å². The highest BCUT2D eigenvalue weighted by Crippen LogP contribution is 2.05. The average Bonchev–Trinajstić information content (AvgIpc) is 2.15. The van der Waals surface area contributed by atoms with Gasteiger partial charge in [0.2, 0.25) is 0 Å². The van der Waals surface area contributed by atoms with Gasteiger partial charge in [-0.2, -0.15) is 5.10 Å². The molecule has 0 saturated heterocycles. The van der Waals surface area contributed by atoms with E-state index in [0.29, 0.717) is 0 Å². The number of allylic oxidation sites excluding steroid dienone is 1. The molecule has 54 valence electrons. The second-order valence-electron chi connectivity index (χ2n) is 2.15. The van der Waals surface area contributed by atoms with Crippen LogP contribution >= 0.6 is 15.9 Å².